The Morgan fingerprint density at radius 3 is 3.07 bits per heavy atom. The van der Waals surface area contributed by atoms with Gasteiger partial charge < -0.3 is 0 Å². The number of hydrogen-bond acceptors (Lipinski definition) is 3. The van der Waals surface area contributed by atoms with Gasteiger partial charge in [-0.15, -0.1) is 24.0 Å². The first-order chi connectivity index (χ1) is 6.74. The van der Waals surface area contributed by atoms with Crippen LogP contribution in [0.3, 0.4) is 0 Å². The summed E-state index contributed by atoms with van der Waals surface area (Å²) in [5, 5.41) is 11.9. The predicted molar refractivity (Wildman–Crippen MR) is 71.1 cm³/mol. The largest absolute Gasteiger partial charge is 0.198 e. The molecule has 0 unspecified atom stereocenters. The Kier molecular flexibility index (Phi) is 3.00. The van der Waals surface area contributed by atoms with E-state index in [9.17, 15) is 0 Å². The Labute approximate surface area is 105 Å². The van der Waals surface area contributed by atoms with E-state index in [1.54, 1.807) is 11.3 Å². The van der Waals surface area contributed by atoms with Gasteiger partial charge in [0.15, 0.2) is 0 Å². The second-order valence-corrected chi connectivity index (χ2v) is 5.34. The van der Waals surface area contributed by atoms with E-state index < -0.39 is 0 Å². The summed E-state index contributed by atoms with van der Waals surface area (Å²) in [6, 6.07) is 6.23. The van der Waals surface area contributed by atoms with Crippen LogP contribution >= 0.6 is 46.6 Å². The molecule has 0 saturated heterocycles. The number of halogens is 1. The highest BCUT2D eigenvalue weighted by Crippen LogP contribution is 2.33. The average molecular weight is 331 g/mol. The second-order valence-electron chi connectivity index (χ2n) is 2.87. The summed E-state index contributed by atoms with van der Waals surface area (Å²) in [4.78, 5) is 0.965. The molecule has 0 saturated carbocycles. The van der Waals surface area contributed by atoms with Crippen molar-refractivity contribution in [3.05, 3.63) is 26.6 Å². The van der Waals surface area contributed by atoms with Crippen LogP contribution in [0.1, 0.15) is 5.56 Å². The summed E-state index contributed by atoms with van der Waals surface area (Å²) in [5.41, 5.74) is 1.08. The monoisotopic (exact) mass is 331 g/mol. The summed E-state index contributed by atoms with van der Waals surface area (Å²) in [5.74, 6) is 0. The average Bonchev–Trinajstić information content (AvgIpc) is 2.63. The zero-order valence-corrected chi connectivity index (χ0v) is 11.0. The van der Waals surface area contributed by atoms with Gasteiger partial charge in [-0.1, -0.05) is 0 Å². The van der Waals surface area contributed by atoms with Crippen LogP contribution < -0.4 is 0 Å². The molecule has 0 radical (unpaired) electrons. The molecule has 14 heavy (non-hydrogen) atoms. The molecule has 4 heteroatoms. The minimum atomic E-state index is 0.458. The molecular weight excluding hydrogens is 325 g/mol. The van der Waals surface area contributed by atoms with Crippen LogP contribution in [0.5, 0.6) is 0 Å². The first-order valence-electron chi connectivity index (χ1n) is 3.98. The molecule has 0 aliphatic rings. The molecule has 1 heterocycles. The van der Waals surface area contributed by atoms with E-state index in [0.717, 1.165) is 10.5 Å². The van der Waals surface area contributed by atoms with Crippen molar-refractivity contribution in [3.8, 4) is 6.07 Å². The summed E-state index contributed by atoms with van der Waals surface area (Å²) < 4.78 is 2.43. The van der Waals surface area contributed by atoms with E-state index in [0.29, 0.717) is 6.42 Å². The number of fused-ring (bicyclic) bond motifs is 1. The number of benzene rings is 1. The van der Waals surface area contributed by atoms with Crippen molar-refractivity contribution >= 4 is 56.6 Å². The summed E-state index contributed by atoms with van der Waals surface area (Å²) in [6.45, 7) is 0. The lowest BCUT2D eigenvalue weighted by Crippen LogP contribution is -1.87. The SMILES string of the molecule is N#CCc1cc(S)c2ccsc2c1I. The summed E-state index contributed by atoms with van der Waals surface area (Å²) in [6.07, 6.45) is 0.458. The molecule has 0 aliphatic heterocycles. The molecule has 1 aromatic carbocycles. The quantitative estimate of drug-likeness (QED) is 0.623. The number of rotatable bonds is 1. The van der Waals surface area contributed by atoms with Crippen LogP contribution in [0, 0.1) is 14.9 Å². The molecule has 2 rings (SSSR count). The zero-order chi connectivity index (χ0) is 10.1. The van der Waals surface area contributed by atoms with Crippen LogP contribution in [0.4, 0.5) is 0 Å². The van der Waals surface area contributed by atoms with Gasteiger partial charge >= 0.3 is 0 Å². The van der Waals surface area contributed by atoms with Gasteiger partial charge in [0, 0.05) is 18.6 Å². The molecule has 0 bridgehead atoms. The van der Waals surface area contributed by atoms with Crippen molar-refractivity contribution in [1.29, 1.82) is 5.26 Å². The molecule has 0 amide bonds. The molecule has 0 aliphatic carbocycles. The first kappa shape index (κ1) is 10.3. The maximum absolute atomic E-state index is 8.68. The first-order valence-corrected chi connectivity index (χ1v) is 6.39. The molecule has 0 N–H and O–H groups in total. The lowest BCUT2D eigenvalue weighted by molar-refractivity contribution is 1.24. The van der Waals surface area contributed by atoms with Crippen LogP contribution in [0.15, 0.2) is 22.4 Å². The third-order valence-corrected chi connectivity index (χ3v) is 4.90. The standard InChI is InChI=1S/C10H6INS2/c11-9-6(1-3-12)5-8(13)7-2-4-14-10(7)9/h2,4-5,13H,1H2. The van der Waals surface area contributed by atoms with Gasteiger partial charge in [-0.3, -0.25) is 0 Å². The Bertz CT molecular complexity index is 525. The van der Waals surface area contributed by atoms with Crippen molar-refractivity contribution in [2.75, 3.05) is 0 Å². The smallest absolute Gasteiger partial charge is 0.0670 e. The minimum absolute atomic E-state index is 0.458. The maximum Gasteiger partial charge on any atom is 0.0670 e. The topological polar surface area (TPSA) is 23.8 Å². The number of thiol groups is 1. The summed E-state index contributed by atoms with van der Waals surface area (Å²) >= 11 is 8.42. The van der Waals surface area contributed by atoms with Gasteiger partial charge in [0.05, 0.1) is 12.5 Å². The highest BCUT2D eigenvalue weighted by atomic mass is 127. The predicted octanol–water partition coefficient (Wildman–Crippen LogP) is 3.86. The third kappa shape index (κ3) is 1.64. The highest BCUT2D eigenvalue weighted by molar-refractivity contribution is 14.1. The van der Waals surface area contributed by atoms with Crippen molar-refractivity contribution < 1.29 is 0 Å². The van der Waals surface area contributed by atoms with Crippen LogP contribution in [0.25, 0.3) is 10.1 Å². The van der Waals surface area contributed by atoms with Crippen LogP contribution in [-0.2, 0) is 6.42 Å². The van der Waals surface area contributed by atoms with E-state index in [1.165, 1.54) is 13.7 Å². The molecule has 0 fully saturated rings. The van der Waals surface area contributed by atoms with Gasteiger partial charge in [0.25, 0.3) is 0 Å². The molecule has 0 spiro atoms. The van der Waals surface area contributed by atoms with E-state index in [-0.39, 0.29) is 0 Å². The van der Waals surface area contributed by atoms with E-state index in [4.69, 9.17) is 5.26 Å². The fourth-order valence-electron chi connectivity index (χ4n) is 1.35. The molecular formula is C10H6INS2. The maximum atomic E-state index is 8.68. The molecule has 2 aromatic rings. The van der Waals surface area contributed by atoms with E-state index >= 15 is 0 Å². The van der Waals surface area contributed by atoms with Crippen LogP contribution in [-0.4, -0.2) is 0 Å². The second kappa shape index (κ2) is 4.09. The third-order valence-electron chi connectivity index (χ3n) is 2.00. The van der Waals surface area contributed by atoms with Crippen molar-refractivity contribution in [2.45, 2.75) is 11.3 Å². The molecule has 0 atom stereocenters. The number of hydrogen-bond donors (Lipinski definition) is 1. The fraction of sp³-hybridized carbons (Fsp3) is 0.100. The number of thiophene rings is 1. The fourth-order valence-corrected chi connectivity index (χ4v) is 3.66. The molecule has 1 nitrogen and oxygen atoms in total. The Morgan fingerprint density at radius 2 is 2.36 bits per heavy atom. The molecule has 70 valence electrons. The van der Waals surface area contributed by atoms with E-state index in [1.807, 2.05) is 6.07 Å². The normalized spacial score (nSPS) is 10.4. The minimum Gasteiger partial charge on any atom is -0.198 e. The van der Waals surface area contributed by atoms with Crippen molar-refractivity contribution in [3.63, 3.8) is 0 Å². The Morgan fingerprint density at radius 1 is 1.57 bits per heavy atom. The lowest BCUT2D eigenvalue weighted by atomic mass is 10.1. The summed E-state index contributed by atoms with van der Waals surface area (Å²) in [7, 11) is 0. The molecule has 1 aromatic heterocycles. The van der Waals surface area contributed by atoms with Gasteiger partial charge in [-0.25, -0.2) is 0 Å². The van der Waals surface area contributed by atoms with E-state index in [2.05, 4.69) is 52.7 Å². The van der Waals surface area contributed by atoms with Crippen molar-refractivity contribution in [2.24, 2.45) is 0 Å². The Hall–Kier alpha value is -0.250. The number of nitriles is 1. The van der Waals surface area contributed by atoms with Gasteiger partial charge in [-0.05, 0) is 45.7 Å². The van der Waals surface area contributed by atoms with Crippen LogP contribution in [0.2, 0.25) is 0 Å². The Balaban J connectivity index is 2.76. The van der Waals surface area contributed by atoms with Gasteiger partial charge in [0.1, 0.15) is 0 Å². The van der Waals surface area contributed by atoms with Gasteiger partial charge in [-0.2, -0.15) is 5.26 Å². The highest BCUT2D eigenvalue weighted by Gasteiger charge is 2.08. The van der Waals surface area contributed by atoms with Gasteiger partial charge in [0.2, 0.25) is 0 Å². The number of nitrogens with zero attached hydrogens (tertiary/aromatic N) is 1. The lowest BCUT2D eigenvalue weighted by Gasteiger charge is -2.03. The zero-order valence-electron chi connectivity index (χ0n) is 7.12. The van der Waals surface area contributed by atoms with Crippen molar-refractivity contribution in [1.82, 2.24) is 0 Å².